The van der Waals surface area contributed by atoms with Gasteiger partial charge in [0, 0.05) is 5.69 Å². The quantitative estimate of drug-likeness (QED) is 0.451. The van der Waals surface area contributed by atoms with E-state index in [1.54, 1.807) is 10.7 Å². The van der Waals surface area contributed by atoms with Gasteiger partial charge in [0.2, 0.25) is 0 Å². The molecular formula is C15H14Cl2N4O4. The highest BCUT2D eigenvalue weighted by atomic mass is 35.5. The third kappa shape index (κ3) is 4.94. The van der Waals surface area contributed by atoms with Crippen molar-refractivity contribution in [3.8, 4) is 0 Å². The molecule has 10 heteroatoms. The number of nitrogens with one attached hydrogen (secondary N) is 1. The molecule has 1 amide bonds. The minimum Gasteiger partial charge on any atom is -0.477 e. The third-order valence-corrected chi connectivity index (χ3v) is 3.78. The number of halogens is 2. The molecule has 2 aromatic rings. The maximum atomic E-state index is 11.9. The zero-order valence-electron chi connectivity index (χ0n) is 13.3. The summed E-state index contributed by atoms with van der Waals surface area (Å²) in [4.78, 5) is 22.5. The molecule has 2 heterocycles. The fourth-order valence-electron chi connectivity index (χ4n) is 1.93. The van der Waals surface area contributed by atoms with Crippen LogP contribution in [0.2, 0.25) is 0 Å². The van der Waals surface area contributed by atoms with Gasteiger partial charge in [0.05, 0.1) is 23.5 Å². The van der Waals surface area contributed by atoms with Gasteiger partial charge in [-0.25, -0.2) is 10.2 Å². The van der Waals surface area contributed by atoms with Gasteiger partial charge in [-0.3, -0.25) is 9.48 Å². The number of carboxylic acids is 1. The number of nitrogens with zero attached hydrogens (tertiary/aromatic N) is 3. The minimum absolute atomic E-state index is 0.0399. The smallest absolute Gasteiger partial charge is 0.348 e. The predicted molar refractivity (Wildman–Crippen MR) is 91.8 cm³/mol. The Morgan fingerprint density at radius 2 is 2.12 bits per heavy atom. The highest BCUT2D eigenvalue weighted by Gasteiger charge is 2.12. The van der Waals surface area contributed by atoms with Crippen LogP contribution in [0.15, 0.2) is 37.8 Å². The molecule has 132 valence electrons. The van der Waals surface area contributed by atoms with Crippen LogP contribution >= 0.6 is 23.2 Å². The average molecular weight is 385 g/mol. The average Bonchev–Trinajstić information content (AvgIpc) is 3.13. The van der Waals surface area contributed by atoms with E-state index in [0.717, 1.165) is 17.6 Å². The number of aliphatic carboxylic acids is 1. The van der Waals surface area contributed by atoms with Crippen molar-refractivity contribution in [3.63, 3.8) is 0 Å². The second kappa shape index (κ2) is 8.00. The fourth-order valence-corrected chi connectivity index (χ4v) is 2.11. The number of carbonyl (C=O) groups is 2. The monoisotopic (exact) mass is 384 g/mol. The molecule has 0 aromatic carbocycles. The van der Waals surface area contributed by atoms with Gasteiger partial charge < -0.3 is 9.52 Å². The molecule has 0 radical (unpaired) electrons. The minimum atomic E-state index is -1.40. The van der Waals surface area contributed by atoms with Crippen molar-refractivity contribution in [3.05, 3.63) is 51.2 Å². The van der Waals surface area contributed by atoms with Crippen molar-refractivity contribution in [2.45, 2.75) is 20.4 Å². The zero-order chi connectivity index (χ0) is 18.6. The topological polar surface area (TPSA) is 110 Å². The number of hydrazone groups is 1. The molecule has 8 nitrogen and oxygen atoms in total. The van der Waals surface area contributed by atoms with Gasteiger partial charge in [-0.05, 0) is 32.0 Å². The highest BCUT2D eigenvalue weighted by Crippen LogP contribution is 2.13. The summed E-state index contributed by atoms with van der Waals surface area (Å²) in [6.45, 7) is 4.20. The lowest BCUT2D eigenvalue weighted by Crippen LogP contribution is -2.17. The maximum Gasteiger partial charge on any atom is 0.348 e. The molecule has 0 unspecified atom stereocenters. The van der Waals surface area contributed by atoms with Crippen LogP contribution in [-0.2, 0) is 11.3 Å². The summed E-state index contributed by atoms with van der Waals surface area (Å²) < 4.78 is 7.20. The van der Waals surface area contributed by atoms with Crippen LogP contribution in [0.3, 0.4) is 0 Å². The fraction of sp³-hybridized carbons (Fsp3) is 0.200. The van der Waals surface area contributed by atoms with E-state index in [0.29, 0.717) is 12.3 Å². The van der Waals surface area contributed by atoms with Gasteiger partial charge in [0.15, 0.2) is 5.76 Å². The lowest BCUT2D eigenvalue weighted by Gasteiger charge is -2.01. The number of furan rings is 1. The summed E-state index contributed by atoms with van der Waals surface area (Å²) in [5.74, 6) is -1.43. The van der Waals surface area contributed by atoms with Crippen molar-refractivity contribution in [2.75, 3.05) is 0 Å². The van der Waals surface area contributed by atoms with Crippen LogP contribution in [0.1, 0.15) is 27.7 Å². The number of amides is 1. The Bertz CT molecular complexity index is 867. The standard InChI is InChI=1S/C15H14Cl2N4O4/c1-8-5-9(2)21(20-8)7-10-3-4-12(25-10)14(22)19-18-6-11(16)13(17)15(23)24/h3-6H,7H2,1-2H3,(H,19,22)(H,23,24)/b13-11+,18-6+. The van der Waals surface area contributed by atoms with Gasteiger partial charge in [-0.15, -0.1) is 0 Å². The molecule has 2 N–H and O–H groups in total. The van der Waals surface area contributed by atoms with E-state index in [4.69, 9.17) is 32.7 Å². The molecular weight excluding hydrogens is 371 g/mol. The van der Waals surface area contributed by atoms with E-state index in [2.05, 4.69) is 15.6 Å². The van der Waals surface area contributed by atoms with Crippen LogP contribution in [0.4, 0.5) is 0 Å². The zero-order valence-corrected chi connectivity index (χ0v) is 14.8. The maximum absolute atomic E-state index is 11.9. The van der Waals surface area contributed by atoms with Gasteiger partial charge in [-0.1, -0.05) is 23.2 Å². The normalized spacial score (nSPS) is 12.3. The van der Waals surface area contributed by atoms with Gasteiger partial charge in [-0.2, -0.15) is 10.2 Å². The van der Waals surface area contributed by atoms with Crippen molar-refractivity contribution in [1.82, 2.24) is 15.2 Å². The first-order chi connectivity index (χ1) is 11.8. The lowest BCUT2D eigenvalue weighted by atomic mass is 10.4. The van der Waals surface area contributed by atoms with Crippen molar-refractivity contribution in [2.24, 2.45) is 5.10 Å². The van der Waals surface area contributed by atoms with E-state index in [-0.39, 0.29) is 10.8 Å². The Morgan fingerprint density at radius 1 is 1.40 bits per heavy atom. The van der Waals surface area contributed by atoms with Crippen LogP contribution < -0.4 is 5.43 Å². The Hall–Kier alpha value is -2.58. The SMILES string of the molecule is Cc1cc(C)n(Cc2ccc(C(=O)N/N=C/C(Cl)=C(\Cl)C(=O)O)o2)n1. The van der Waals surface area contributed by atoms with Gasteiger partial charge in [0.1, 0.15) is 10.8 Å². The molecule has 25 heavy (non-hydrogen) atoms. The Labute approximate surface area is 152 Å². The molecule has 0 atom stereocenters. The molecule has 0 saturated carbocycles. The Kier molecular flexibility index (Phi) is 6.00. The first kappa shape index (κ1) is 18.8. The number of aryl methyl sites for hydroxylation is 2. The van der Waals surface area contributed by atoms with E-state index < -0.39 is 16.9 Å². The molecule has 0 saturated heterocycles. The van der Waals surface area contributed by atoms with E-state index >= 15 is 0 Å². The molecule has 0 aliphatic heterocycles. The first-order valence-electron chi connectivity index (χ1n) is 6.99. The largest absolute Gasteiger partial charge is 0.477 e. The first-order valence-corrected chi connectivity index (χ1v) is 7.75. The molecule has 0 spiro atoms. The molecule has 0 aliphatic carbocycles. The summed E-state index contributed by atoms with van der Waals surface area (Å²) in [5, 5.41) is 15.5. The highest BCUT2D eigenvalue weighted by molar-refractivity contribution is 6.51. The number of aromatic nitrogens is 2. The summed E-state index contributed by atoms with van der Waals surface area (Å²) >= 11 is 11.0. The summed E-state index contributed by atoms with van der Waals surface area (Å²) in [7, 11) is 0. The summed E-state index contributed by atoms with van der Waals surface area (Å²) in [6.07, 6.45) is 0.912. The van der Waals surface area contributed by atoms with Gasteiger partial charge in [0.25, 0.3) is 0 Å². The van der Waals surface area contributed by atoms with Crippen LogP contribution in [0.25, 0.3) is 0 Å². The number of allylic oxidation sites excluding steroid dienone is 1. The molecule has 0 fully saturated rings. The molecule has 2 rings (SSSR count). The number of hydrogen-bond acceptors (Lipinski definition) is 5. The van der Waals surface area contributed by atoms with Crippen molar-refractivity contribution >= 4 is 41.3 Å². The van der Waals surface area contributed by atoms with E-state index in [9.17, 15) is 9.59 Å². The molecule has 2 aromatic heterocycles. The number of carboxylic acid groups (broad SMARTS) is 1. The van der Waals surface area contributed by atoms with E-state index in [1.807, 2.05) is 19.9 Å². The predicted octanol–water partition coefficient (Wildman–Crippen LogP) is 2.63. The third-order valence-electron chi connectivity index (χ3n) is 3.04. The van der Waals surface area contributed by atoms with Crippen molar-refractivity contribution < 1.29 is 19.1 Å². The Morgan fingerprint density at radius 3 is 2.72 bits per heavy atom. The number of rotatable bonds is 6. The Balaban J connectivity index is 2.00. The second-order valence-electron chi connectivity index (χ2n) is 5.02. The molecule has 0 aliphatic rings. The van der Waals surface area contributed by atoms with Gasteiger partial charge >= 0.3 is 11.9 Å². The van der Waals surface area contributed by atoms with Crippen molar-refractivity contribution in [1.29, 1.82) is 0 Å². The summed E-state index contributed by atoms with van der Waals surface area (Å²) in [5.41, 5.74) is 4.02. The van der Waals surface area contributed by atoms with E-state index in [1.165, 1.54) is 6.07 Å². The van der Waals surface area contributed by atoms with Crippen LogP contribution in [-0.4, -0.2) is 33.0 Å². The molecule has 0 bridgehead atoms. The number of carbonyl (C=O) groups excluding carboxylic acids is 1. The summed E-state index contributed by atoms with van der Waals surface area (Å²) in [6, 6.07) is 5.08. The second-order valence-corrected chi connectivity index (χ2v) is 5.80. The van der Waals surface area contributed by atoms with Crippen LogP contribution in [0, 0.1) is 13.8 Å². The lowest BCUT2D eigenvalue weighted by molar-refractivity contribution is -0.131. The van der Waals surface area contributed by atoms with Crippen LogP contribution in [0.5, 0.6) is 0 Å². The number of hydrogen-bond donors (Lipinski definition) is 2.